The van der Waals surface area contributed by atoms with Crippen LogP contribution in [0.1, 0.15) is 139 Å². The maximum Gasteiger partial charge on any atom is 0.414 e. The minimum absolute atomic E-state index is 0.0429. The first-order valence-corrected chi connectivity index (χ1v) is 19.3. The highest BCUT2D eigenvalue weighted by Gasteiger charge is 2.53. The Balaban J connectivity index is 1.02. The maximum atomic E-state index is 13.3. The number of piperidine rings is 1. The number of ether oxygens (including phenoxy) is 1. The quantitative estimate of drug-likeness (QED) is 0.104. The largest absolute Gasteiger partial charge is 0.449 e. The highest BCUT2D eigenvalue weighted by Crippen LogP contribution is 2.53. The van der Waals surface area contributed by atoms with Gasteiger partial charge in [0.1, 0.15) is 5.82 Å². The van der Waals surface area contributed by atoms with Crippen molar-refractivity contribution in [2.45, 2.75) is 134 Å². The molecule has 264 valence electrons. The van der Waals surface area contributed by atoms with Crippen molar-refractivity contribution >= 4 is 23.3 Å². The summed E-state index contributed by atoms with van der Waals surface area (Å²) in [7, 11) is 0. The van der Waals surface area contributed by atoms with Gasteiger partial charge in [0.05, 0.1) is 18.0 Å². The average Bonchev–Trinajstić information content (AvgIpc) is 3.35. The van der Waals surface area contributed by atoms with E-state index < -0.39 is 0 Å². The number of nitrogens with zero attached hydrogens (tertiary/aromatic N) is 3. The minimum atomic E-state index is -0.319. The Labute approximate surface area is 289 Å². The van der Waals surface area contributed by atoms with Gasteiger partial charge >= 0.3 is 6.09 Å². The number of hydrogen-bond donors (Lipinski definition) is 0. The summed E-state index contributed by atoms with van der Waals surface area (Å²) < 4.78 is 19.1. The van der Waals surface area contributed by atoms with E-state index in [9.17, 15) is 14.0 Å². The van der Waals surface area contributed by atoms with Crippen LogP contribution < -0.4 is 9.80 Å². The van der Waals surface area contributed by atoms with Crippen LogP contribution in [-0.2, 0) is 10.2 Å². The second-order valence-corrected chi connectivity index (χ2v) is 14.8. The van der Waals surface area contributed by atoms with Gasteiger partial charge in [0, 0.05) is 49.6 Å². The van der Waals surface area contributed by atoms with Gasteiger partial charge in [0.2, 0.25) is 0 Å². The number of amides is 1. The molecule has 2 aromatic carbocycles. The van der Waals surface area contributed by atoms with Crippen LogP contribution in [0.15, 0.2) is 42.5 Å². The maximum absolute atomic E-state index is 13.3. The number of unbranched alkanes of at least 4 members (excludes halogenated alkanes) is 13. The second-order valence-electron chi connectivity index (χ2n) is 14.8. The van der Waals surface area contributed by atoms with E-state index in [0.717, 1.165) is 57.5 Å². The predicted octanol–water partition coefficient (Wildman–Crippen LogP) is 10.1. The number of hydrogen-bond acceptors (Lipinski definition) is 5. The number of carbonyl (C=O) groups is 2. The van der Waals surface area contributed by atoms with E-state index in [0.29, 0.717) is 31.2 Å². The molecular formula is C41H60FN3O3. The van der Waals surface area contributed by atoms with Crippen molar-refractivity contribution in [3.8, 4) is 0 Å². The fraction of sp³-hybridized carbons (Fsp3) is 0.659. The zero-order chi connectivity index (χ0) is 33.8. The monoisotopic (exact) mass is 661 g/mol. The molecule has 1 amide bonds. The molecule has 1 saturated heterocycles. The lowest BCUT2D eigenvalue weighted by atomic mass is 9.74. The molecule has 0 N–H and O–H groups in total. The van der Waals surface area contributed by atoms with Gasteiger partial charge in [0.15, 0.2) is 5.78 Å². The SMILES string of the molecule is CCCCCCCCCCCCCCCCOC(=O)N1CCN2c3c1cccc3[C@]1(C)CN(CCCC(=O)c3ccc(F)cc3)CC[C@H]21. The number of halogens is 1. The second kappa shape index (κ2) is 18.2. The smallest absolute Gasteiger partial charge is 0.414 e. The number of rotatable bonds is 20. The standard InChI is InChI=1S/C41H60FN3O3/c1-3-4-5-6-7-8-9-10-11-12-13-14-15-16-31-48-40(47)44-29-30-45-38-26-28-43(27-18-21-37(46)33-22-24-34(42)25-23-33)32-41(38,2)35-19-17-20-36(44)39(35)45/h17,19-20,22-25,38H,3-16,18,21,26-32H2,1-2H3/t38-,41-/m0/s1. The molecule has 3 aliphatic rings. The first kappa shape index (κ1) is 36.4. The fourth-order valence-electron chi connectivity index (χ4n) is 8.46. The Morgan fingerprint density at radius 3 is 2.12 bits per heavy atom. The predicted molar refractivity (Wildman–Crippen MR) is 195 cm³/mol. The zero-order valence-electron chi connectivity index (χ0n) is 29.8. The fourth-order valence-corrected chi connectivity index (χ4v) is 8.46. The molecule has 48 heavy (non-hydrogen) atoms. The minimum Gasteiger partial charge on any atom is -0.449 e. The lowest BCUT2D eigenvalue weighted by molar-refractivity contribution is 0.0963. The normalized spacial score (nSPS) is 20.1. The molecule has 0 spiro atoms. The lowest BCUT2D eigenvalue weighted by Crippen LogP contribution is -2.57. The number of anilines is 2. The first-order chi connectivity index (χ1) is 23.4. The third kappa shape index (κ3) is 9.19. The molecular weight excluding hydrogens is 601 g/mol. The number of para-hydroxylation sites is 1. The van der Waals surface area contributed by atoms with Crippen LogP contribution in [0, 0.1) is 5.82 Å². The van der Waals surface area contributed by atoms with E-state index in [4.69, 9.17) is 4.74 Å². The van der Waals surface area contributed by atoms with Crippen LogP contribution in [0.4, 0.5) is 20.6 Å². The van der Waals surface area contributed by atoms with Crippen LogP contribution in [0.5, 0.6) is 0 Å². The molecule has 0 saturated carbocycles. The molecule has 2 aromatic rings. The molecule has 3 aliphatic heterocycles. The van der Waals surface area contributed by atoms with E-state index in [1.54, 1.807) is 12.1 Å². The van der Waals surface area contributed by atoms with E-state index >= 15 is 0 Å². The van der Waals surface area contributed by atoms with Crippen molar-refractivity contribution in [2.75, 3.05) is 49.1 Å². The summed E-state index contributed by atoms with van der Waals surface area (Å²) in [5.74, 6) is -0.249. The first-order valence-electron chi connectivity index (χ1n) is 19.3. The molecule has 0 aromatic heterocycles. The summed E-state index contributed by atoms with van der Waals surface area (Å²) in [5, 5.41) is 0. The van der Waals surface area contributed by atoms with Gasteiger partial charge in [-0.2, -0.15) is 0 Å². The number of fused-ring (bicyclic) bond motifs is 3. The topological polar surface area (TPSA) is 53.1 Å². The van der Waals surface area contributed by atoms with E-state index in [-0.39, 0.29) is 23.1 Å². The molecule has 3 heterocycles. The van der Waals surface area contributed by atoms with Crippen molar-refractivity contribution in [2.24, 2.45) is 0 Å². The molecule has 0 aliphatic carbocycles. The number of benzene rings is 2. The zero-order valence-corrected chi connectivity index (χ0v) is 29.8. The Kier molecular flexibility index (Phi) is 13.8. The van der Waals surface area contributed by atoms with Crippen LogP contribution in [0.2, 0.25) is 0 Å². The molecule has 7 heteroatoms. The van der Waals surface area contributed by atoms with Crippen molar-refractivity contribution in [3.63, 3.8) is 0 Å². The van der Waals surface area contributed by atoms with Gasteiger partial charge in [-0.05, 0) is 61.7 Å². The number of likely N-dealkylation sites (tertiary alicyclic amines) is 1. The Hall–Kier alpha value is -2.93. The molecule has 6 nitrogen and oxygen atoms in total. The van der Waals surface area contributed by atoms with Gasteiger partial charge in [0.25, 0.3) is 0 Å². The van der Waals surface area contributed by atoms with Crippen LogP contribution >= 0.6 is 0 Å². The van der Waals surface area contributed by atoms with Crippen molar-refractivity contribution < 1.29 is 18.7 Å². The van der Waals surface area contributed by atoms with Crippen LogP contribution in [-0.4, -0.2) is 62.1 Å². The third-order valence-corrected chi connectivity index (χ3v) is 11.1. The van der Waals surface area contributed by atoms with Gasteiger partial charge in [-0.25, -0.2) is 9.18 Å². The average molecular weight is 662 g/mol. The van der Waals surface area contributed by atoms with Gasteiger partial charge in [-0.15, -0.1) is 0 Å². The van der Waals surface area contributed by atoms with Crippen molar-refractivity contribution in [3.05, 3.63) is 59.4 Å². The Morgan fingerprint density at radius 2 is 1.46 bits per heavy atom. The van der Waals surface area contributed by atoms with Crippen LogP contribution in [0.25, 0.3) is 0 Å². The molecule has 1 fully saturated rings. The summed E-state index contributed by atoms with van der Waals surface area (Å²) in [6.07, 6.45) is 20.5. The lowest BCUT2D eigenvalue weighted by Gasteiger charge is -2.46. The van der Waals surface area contributed by atoms with E-state index in [1.807, 2.05) is 4.90 Å². The molecule has 5 rings (SSSR count). The molecule has 2 atom stereocenters. The molecule has 0 unspecified atom stereocenters. The summed E-state index contributed by atoms with van der Waals surface area (Å²) >= 11 is 0. The van der Waals surface area contributed by atoms with Crippen molar-refractivity contribution in [1.29, 1.82) is 0 Å². The summed E-state index contributed by atoms with van der Waals surface area (Å²) in [6.45, 7) is 9.40. The molecule has 0 radical (unpaired) electrons. The highest BCUT2D eigenvalue weighted by atomic mass is 19.1. The number of ketones is 1. The van der Waals surface area contributed by atoms with Gasteiger partial charge < -0.3 is 14.5 Å². The van der Waals surface area contributed by atoms with E-state index in [1.165, 1.54) is 100 Å². The third-order valence-electron chi connectivity index (χ3n) is 11.1. The van der Waals surface area contributed by atoms with E-state index in [2.05, 4.69) is 41.8 Å². The highest BCUT2D eigenvalue weighted by molar-refractivity contribution is 5.96. The summed E-state index contributed by atoms with van der Waals surface area (Å²) in [6, 6.07) is 12.7. The number of Topliss-reactive ketones (excluding diaryl/α,β-unsaturated/α-hetero) is 1. The van der Waals surface area contributed by atoms with Crippen LogP contribution in [0.3, 0.4) is 0 Å². The summed E-state index contributed by atoms with van der Waals surface area (Å²) in [5.41, 5.74) is 4.05. The van der Waals surface area contributed by atoms with Gasteiger partial charge in [-0.3, -0.25) is 9.69 Å². The van der Waals surface area contributed by atoms with Gasteiger partial charge in [-0.1, -0.05) is 109 Å². The van der Waals surface area contributed by atoms with Crippen molar-refractivity contribution in [1.82, 2.24) is 4.90 Å². The Bertz CT molecular complexity index is 1320. The number of carbonyl (C=O) groups excluding carboxylic acids is 2. The molecule has 0 bridgehead atoms. The summed E-state index contributed by atoms with van der Waals surface area (Å²) in [4.78, 5) is 32.8. The Morgan fingerprint density at radius 1 is 0.812 bits per heavy atom.